The topological polar surface area (TPSA) is 32.8 Å². The normalized spacial score (nSPS) is 19.6. The SMILES string of the molecule is O=C1CC=CN(c2ccc(OCN3CCCC3)cc2)C1. The molecule has 2 aliphatic heterocycles. The van der Waals surface area contributed by atoms with Crippen molar-refractivity contribution >= 4 is 11.5 Å². The van der Waals surface area contributed by atoms with Gasteiger partial charge in [-0.3, -0.25) is 9.69 Å². The van der Waals surface area contributed by atoms with Crippen LogP contribution < -0.4 is 9.64 Å². The number of allylic oxidation sites excluding steroid dienone is 1. The number of Topliss-reactive ketones (excluding diaryl/α,β-unsaturated/α-hetero) is 1. The number of anilines is 1. The lowest BCUT2D eigenvalue weighted by Crippen LogP contribution is -2.27. The zero-order valence-electron chi connectivity index (χ0n) is 11.6. The minimum atomic E-state index is 0.252. The fraction of sp³-hybridized carbons (Fsp3) is 0.438. The van der Waals surface area contributed by atoms with Crippen LogP contribution in [0.2, 0.25) is 0 Å². The van der Waals surface area contributed by atoms with Crippen molar-refractivity contribution < 1.29 is 9.53 Å². The summed E-state index contributed by atoms with van der Waals surface area (Å²) >= 11 is 0. The molecule has 0 aromatic heterocycles. The van der Waals surface area contributed by atoms with Crippen LogP contribution in [0, 0.1) is 0 Å². The van der Waals surface area contributed by atoms with Gasteiger partial charge in [-0.2, -0.15) is 0 Å². The summed E-state index contributed by atoms with van der Waals surface area (Å²) in [5, 5.41) is 0. The van der Waals surface area contributed by atoms with Crippen molar-refractivity contribution in [3.05, 3.63) is 36.5 Å². The predicted octanol–water partition coefficient (Wildman–Crippen LogP) is 2.41. The van der Waals surface area contributed by atoms with Gasteiger partial charge in [0, 0.05) is 31.4 Å². The monoisotopic (exact) mass is 272 g/mol. The summed E-state index contributed by atoms with van der Waals surface area (Å²) in [5.41, 5.74) is 1.03. The molecule has 1 saturated heterocycles. The number of hydrogen-bond donors (Lipinski definition) is 0. The zero-order chi connectivity index (χ0) is 13.8. The van der Waals surface area contributed by atoms with E-state index in [-0.39, 0.29) is 5.78 Å². The molecule has 0 aliphatic carbocycles. The van der Waals surface area contributed by atoms with Gasteiger partial charge >= 0.3 is 0 Å². The van der Waals surface area contributed by atoms with Crippen LogP contribution in [-0.4, -0.2) is 37.0 Å². The Labute approximate surface area is 119 Å². The van der Waals surface area contributed by atoms with E-state index in [0.29, 0.717) is 19.7 Å². The molecule has 20 heavy (non-hydrogen) atoms. The van der Waals surface area contributed by atoms with Crippen molar-refractivity contribution in [2.75, 3.05) is 31.3 Å². The first-order valence-electron chi connectivity index (χ1n) is 7.21. The number of ether oxygens (including phenoxy) is 1. The molecule has 106 valence electrons. The average Bonchev–Trinajstić information content (AvgIpc) is 2.99. The maximum Gasteiger partial charge on any atom is 0.156 e. The summed E-state index contributed by atoms with van der Waals surface area (Å²) in [5.74, 6) is 1.13. The Morgan fingerprint density at radius 2 is 1.85 bits per heavy atom. The summed E-state index contributed by atoms with van der Waals surface area (Å²) in [6.07, 6.45) is 6.98. The van der Waals surface area contributed by atoms with Crippen LogP contribution in [0.5, 0.6) is 5.75 Å². The molecule has 0 saturated carbocycles. The fourth-order valence-corrected chi connectivity index (χ4v) is 2.61. The molecule has 4 nitrogen and oxygen atoms in total. The lowest BCUT2D eigenvalue weighted by molar-refractivity contribution is -0.117. The first-order chi connectivity index (χ1) is 9.81. The van der Waals surface area contributed by atoms with Crippen molar-refractivity contribution in [1.29, 1.82) is 0 Å². The van der Waals surface area contributed by atoms with Crippen LogP contribution >= 0.6 is 0 Å². The number of hydrogen-bond acceptors (Lipinski definition) is 4. The second-order valence-corrected chi connectivity index (χ2v) is 5.35. The van der Waals surface area contributed by atoms with E-state index in [9.17, 15) is 4.79 Å². The molecular weight excluding hydrogens is 252 g/mol. The van der Waals surface area contributed by atoms with E-state index in [4.69, 9.17) is 4.74 Å². The third-order valence-corrected chi connectivity index (χ3v) is 3.76. The molecule has 2 aliphatic rings. The van der Waals surface area contributed by atoms with Gasteiger partial charge < -0.3 is 9.64 Å². The highest BCUT2D eigenvalue weighted by Crippen LogP contribution is 2.21. The second kappa shape index (κ2) is 6.09. The van der Waals surface area contributed by atoms with E-state index >= 15 is 0 Å². The Balaban J connectivity index is 1.57. The molecule has 0 amide bonds. The lowest BCUT2D eigenvalue weighted by Gasteiger charge is -2.23. The lowest BCUT2D eigenvalue weighted by atomic mass is 10.2. The van der Waals surface area contributed by atoms with Crippen molar-refractivity contribution in [3.8, 4) is 5.75 Å². The number of likely N-dealkylation sites (tertiary alicyclic amines) is 1. The van der Waals surface area contributed by atoms with Gasteiger partial charge in [0.1, 0.15) is 12.5 Å². The molecular formula is C16H20N2O2. The first-order valence-corrected chi connectivity index (χ1v) is 7.21. The van der Waals surface area contributed by atoms with Gasteiger partial charge in [-0.1, -0.05) is 6.08 Å². The highest BCUT2D eigenvalue weighted by Gasteiger charge is 2.13. The number of ketones is 1. The molecule has 0 unspecified atom stereocenters. The molecule has 3 rings (SSSR count). The number of benzene rings is 1. The van der Waals surface area contributed by atoms with Gasteiger partial charge in [-0.05, 0) is 37.1 Å². The Bertz CT molecular complexity index is 490. The average molecular weight is 272 g/mol. The molecule has 0 spiro atoms. The molecule has 4 heteroatoms. The van der Waals surface area contributed by atoms with Crippen LogP contribution in [0.25, 0.3) is 0 Å². The number of nitrogens with zero attached hydrogens (tertiary/aromatic N) is 2. The molecule has 1 fully saturated rings. The second-order valence-electron chi connectivity index (χ2n) is 5.35. The van der Waals surface area contributed by atoms with Crippen molar-refractivity contribution in [2.45, 2.75) is 19.3 Å². The van der Waals surface area contributed by atoms with Crippen LogP contribution in [0.3, 0.4) is 0 Å². The van der Waals surface area contributed by atoms with E-state index < -0.39 is 0 Å². The molecule has 0 radical (unpaired) electrons. The highest BCUT2D eigenvalue weighted by molar-refractivity contribution is 5.86. The number of carbonyl (C=O) groups is 1. The molecule has 2 heterocycles. The summed E-state index contributed by atoms with van der Waals surface area (Å²) in [7, 11) is 0. The summed E-state index contributed by atoms with van der Waals surface area (Å²) in [6.45, 7) is 3.41. The molecule has 0 N–H and O–H groups in total. The predicted molar refractivity (Wildman–Crippen MR) is 78.9 cm³/mol. The molecule has 0 atom stereocenters. The largest absolute Gasteiger partial charge is 0.478 e. The van der Waals surface area contributed by atoms with E-state index in [0.717, 1.165) is 24.5 Å². The fourth-order valence-electron chi connectivity index (χ4n) is 2.61. The maximum atomic E-state index is 11.4. The summed E-state index contributed by atoms with van der Waals surface area (Å²) in [4.78, 5) is 15.7. The van der Waals surface area contributed by atoms with Gasteiger partial charge in [0.25, 0.3) is 0 Å². The molecule has 1 aromatic carbocycles. The Kier molecular flexibility index (Phi) is 4.02. The van der Waals surface area contributed by atoms with Crippen LogP contribution in [0.15, 0.2) is 36.5 Å². The Morgan fingerprint density at radius 1 is 1.10 bits per heavy atom. The maximum absolute atomic E-state index is 11.4. The van der Waals surface area contributed by atoms with E-state index in [2.05, 4.69) is 4.90 Å². The quantitative estimate of drug-likeness (QED) is 0.842. The number of carbonyl (C=O) groups excluding carboxylic acids is 1. The third-order valence-electron chi connectivity index (χ3n) is 3.76. The van der Waals surface area contributed by atoms with Crippen LogP contribution in [0.1, 0.15) is 19.3 Å². The van der Waals surface area contributed by atoms with Crippen molar-refractivity contribution in [3.63, 3.8) is 0 Å². The van der Waals surface area contributed by atoms with Crippen LogP contribution in [0.4, 0.5) is 5.69 Å². The smallest absolute Gasteiger partial charge is 0.156 e. The van der Waals surface area contributed by atoms with Gasteiger partial charge in [0.15, 0.2) is 5.78 Å². The molecule has 0 bridgehead atoms. The van der Waals surface area contributed by atoms with E-state index in [1.807, 2.05) is 41.4 Å². The van der Waals surface area contributed by atoms with E-state index in [1.165, 1.54) is 12.8 Å². The third kappa shape index (κ3) is 3.20. The van der Waals surface area contributed by atoms with Gasteiger partial charge in [0.05, 0.1) is 6.54 Å². The van der Waals surface area contributed by atoms with E-state index in [1.54, 1.807) is 0 Å². The Hall–Kier alpha value is -1.81. The summed E-state index contributed by atoms with van der Waals surface area (Å²) < 4.78 is 5.78. The number of rotatable bonds is 4. The summed E-state index contributed by atoms with van der Waals surface area (Å²) in [6, 6.07) is 7.95. The van der Waals surface area contributed by atoms with Crippen LogP contribution in [-0.2, 0) is 4.79 Å². The minimum absolute atomic E-state index is 0.252. The van der Waals surface area contributed by atoms with Crippen molar-refractivity contribution in [2.24, 2.45) is 0 Å². The standard InChI is InChI=1S/C16H20N2O2/c19-15-4-3-11-18(12-15)14-5-7-16(8-6-14)20-13-17-9-1-2-10-17/h3,5-8,11H,1-2,4,9-10,12-13H2. The highest BCUT2D eigenvalue weighted by atomic mass is 16.5. The Morgan fingerprint density at radius 3 is 2.55 bits per heavy atom. The first kappa shape index (κ1) is 13.2. The van der Waals surface area contributed by atoms with Gasteiger partial charge in [-0.25, -0.2) is 0 Å². The van der Waals surface area contributed by atoms with Gasteiger partial charge in [0.2, 0.25) is 0 Å². The van der Waals surface area contributed by atoms with Gasteiger partial charge in [-0.15, -0.1) is 0 Å². The molecule has 1 aromatic rings. The minimum Gasteiger partial charge on any atom is -0.478 e. The zero-order valence-corrected chi connectivity index (χ0v) is 11.6. The van der Waals surface area contributed by atoms with Crippen molar-refractivity contribution in [1.82, 2.24) is 4.90 Å².